The van der Waals surface area contributed by atoms with E-state index in [2.05, 4.69) is 38.0 Å². The van der Waals surface area contributed by atoms with Gasteiger partial charge in [-0.3, -0.25) is 4.90 Å². The van der Waals surface area contributed by atoms with E-state index in [9.17, 15) is 0 Å². The van der Waals surface area contributed by atoms with Gasteiger partial charge in [0.05, 0.1) is 0 Å². The highest BCUT2D eigenvalue weighted by Crippen LogP contribution is 2.13. The monoisotopic (exact) mass is 144 g/mol. The standard InChI is InChI=1S/C8H20N2/c1-8(2,3)6-10(5)7-9-4/h9H,6-7H2,1-5H3. The second-order valence-electron chi connectivity index (χ2n) is 4.09. The molecule has 62 valence electrons. The van der Waals surface area contributed by atoms with Crippen LogP contribution in [-0.4, -0.2) is 32.2 Å². The van der Waals surface area contributed by atoms with Gasteiger partial charge >= 0.3 is 0 Å². The van der Waals surface area contributed by atoms with Crippen molar-refractivity contribution in [1.29, 1.82) is 0 Å². The van der Waals surface area contributed by atoms with Crippen LogP contribution < -0.4 is 5.32 Å². The maximum atomic E-state index is 3.12. The van der Waals surface area contributed by atoms with Gasteiger partial charge < -0.3 is 5.32 Å². The fourth-order valence-corrected chi connectivity index (χ4v) is 1.14. The zero-order valence-corrected chi connectivity index (χ0v) is 7.86. The molecule has 0 atom stereocenters. The molecule has 0 aromatic rings. The molecule has 0 saturated carbocycles. The van der Waals surface area contributed by atoms with Gasteiger partial charge in [-0.15, -0.1) is 0 Å². The van der Waals surface area contributed by atoms with Gasteiger partial charge in [-0.05, 0) is 19.5 Å². The second-order valence-corrected chi connectivity index (χ2v) is 4.09. The molecule has 0 spiro atoms. The molecule has 0 unspecified atom stereocenters. The molecule has 0 saturated heterocycles. The van der Waals surface area contributed by atoms with Gasteiger partial charge in [0.25, 0.3) is 0 Å². The van der Waals surface area contributed by atoms with Gasteiger partial charge in [-0.1, -0.05) is 20.8 Å². The summed E-state index contributed by atoms with van der Waals surface area (Å²) in [7, 11) is 4.10. The average Bonchev–Trinajstić information content (AvgIpc) is 1.59. The van der Waals surface area contributed by atoms with Gasteiger partial charge in [0, 0.05) is 13.2 Å². The Morgan fingerprint density at radius 1 is 1.30 bits per heavy atom. The summed E-state index contributed by atoms with van der Waals surface area (Å²) < 4.78 is 0. The summed E-state index contributed by atoms with van der Waals surface area (Å²) in [5.41, 5.74) is 0.408. The third-order valence-electron chi connectivity index (χ3n) is 1.17. The van der Waals surface area contributed by atoms with E-state index >= 15 is 0 Å². The molecule has 0 fully saturated rings. The van der Waals surface area contributed by atoms with Gasteiger partial charge in [0.1, 0.15) is 0 Å². The molecule has 0 bridgehead atoms. The first-order valence-corrected chi connectivity index (χ1v) is 3.79. The third-order valence-corrected chi connectivity index (χ3v) is 1.17. The number of hydrogen-bond acceptors (Lipinski definition) is 2. The highest BCUT2D eigenvalue weighted by molar-refractivity contribution is 4.65. The van der Waals surface area contributed by atoms with Crippen LogP contribution >= 0.6 is 0 Å². The van der Waals surface area contributed by atoms with Gasteiger partial charge in [0.2, 0.25) is 0 Å². The molecular formula is C8H20N2. The maximum absolute atomic E-state index is 3.12. The Kier molecular flexibility index (Phi) is 3.91. The van der Waals surface area contributed by atoms with Crippen LogP contribution in [0.25, 0.3) is 0 Å². The molecule has 0 aromatic carbocycles. The van der Waals surface area contributed by atoms with Crippen molar-refractivity contribution in [2.24, 2.45) is 5.41 Å². The number of nitrogens with one attached hydrogen (secondary N) is 1. The summed E-state index contributed by atoms with van der Waals surface area (Å²) in [6, 6.07) is 0. The Balaban J connectivity index is 3.47. The van der Waals surface area contributed by atoms with Crippen LogP contribution in [0.1, 0.15) is 20.8 Å². The van der Waals surface area contributed by atoms with Crippen molar-refractivity contribution in [2.75, 3.05) is 27.3 Å². The summed E-state index contributed by atoms with van der Waals surface area (Å²) in [5.74, 6) is 0. The minimum absolute atomic E-state index is 0.408. The van der Waals surface area contributed by atoms with Crippen molar-refractivity contribution in [3.63, 3.8) is 0 Å². The van der Waals surface area contributed by atoms with E-state index in [0.29, 0.717) is 5.41 Å². The Labute approximate surface area is 64.6 Å². The lowest BCUT2D eigenvalue weighted by molar-refractivity contribution is 0.218. The first kappa shape index (κ1) is 9.92. The van der Waals surface area contributed by atoms with Gasteiger partial charge in [-0.2, -0.15) is 0 Å². The molecule has 2 heteroatoms. The van der Waals surface area contributed by atoms with Crippen molar-refractivity contribution in [3.05, 3.63) is 0 Å². The molecule has 0 aliphatic rings. The second kappa shape index (κ2) is 3.94. The Morgan fingerprint density at radius 3 is 2.10 bits per heavy atom. The number of rotatable bonds is 3. The minimum Gasteiger partial charge on any atom is -0.307 e. The highest BCUT2D eigenvalue weighted by Gasteiger charge is 2.11. The Bertz CT molecular complexity index is 83.7. The van der Waals surface area contributed by atoms with Crippen molar-refractivity contribution in [3.8, 4) is 0 Å². The molecule has 0 radical (unpaired) electrons. The first-order chi connectivity index (χ1) is 4.45. The van der Waals surface area contributed by atoms with Crippen LogP contribution in [-0.2, 0) is 0 Å². The molecule has 0 amide bonds. The molecule has 0 rings (SSSR count). The normalized spacial score (nSPS) is 12.6. The fraction of sp³-hybridized carbons (Fsp3) is 1.00. The molecule has 0 aliphatic heterocycles. The van der Waals surface area contributed by atoms with Crippen LogP contribution in [0.2, 0.25) is 0 Å². The van der Waals surface area contributed by atoms with E-state index < -0.39 is 0 Å². The van der Waals surface area contributed by atoms with Crippen molar-refractivity contribution >= 4 is 0 Å². The number of hydrogen-bond donors (Lipinski definition) is 1. The van der Waals surface area contributed by atoms with Crippen molar-refractivity contribution in [2.45, 2.75) is 20.8 Å². The van der Waals surface area contributed by atoms with Crippen LogP contribution in [0.5, 0.6) is 0 Å². The third kappa shape index (κ3) is 6.05. The average molecular weight is 144 g/mol. The van der Waals surface area contributed by atoms with Gasteiger partial charge in [-0.25, -0.2) is 0 Å². The van der Waals surface area contributed by atoms with E-state index in [1.807, 2.05) is 7.05 Å². The van der Waals surface area contributed by atoms with Crippen LogP contribution in [0, 0.1) is 5.41 Å². The van der Waals surface area contributed by atoms with E-state index in [1.54, 1.807) is 0 Å². The maximum Gasteiger partial charge on any atom is 0.0475 e. The largest absolute Gasteiger partial charge is 0.307 e. The predicted molar refractivity (Wildman–Crippen MR) is 46.0 cm³/mol. The SMILES string of the molecule is CNCN(C)CC(C)(C)C. The fourth-order valence-electron chi connectivity index (χ4n) is 1.14. The van der Waals surface area contributed by atoms with Crippen LogP contribution in [0.4, 0.5) is 0 Å². The predicted octanol–water partition coefficient (Wildman–Crippen LogP) is 1.14. The molecule has 1 N–H and O–H groups in total. The lowest BCUT2D eigenvalue weighted by Crippen LogP contribution is -2.35. The van der Waals surface area contributed by atoms with Crippen molar-refractivity contribution in [1.82, 2.24) is 10.2 Å². The molecular weight excluding hydrogens is 124 g/mol. The van der Waals surface area contributed by atoms with Crippen LogP contribution in [0.3, 0.4) is 0 Å². The smallest absolute Gasteiger partial charge is 0.0475 e. The molecule has 2 nitrogen and oxygen atoms in total. The zero-order valence-electron chi connectivity index (χ0n) is 7.86. The number of nitrogens with zero attached hydrogens (tertiary/aromatic N) is 1. The minimum atomic E-state index is 0.408. The lowest BCUT2D eigenvalue weighted by atomic mass is 9.96. The zero-order chi connectivity index (χ0) is 8.20. The highest BCUT2D eigenvalue weighted by atomic mass is 15.2. The lowest BCUT2D eigenvalue weighted by Gasteiger charge is -2.25. The topological polar surface area (TPSA) is 15.3 Å². The summed E-state index contributed by atoms with van der Waals surface area (Å²) >= 11 is 0. The quantitative estimate of drug-likeness (QED) is 0.598. The summed E-state index contributed by atoms with van der Waals surface area (Å²) in [6.45, 7) is 8.85. The summed E-state index contributed by atoms with van der Waals surface area (Å²) in [4.78, 5) is 2.28. The first-order valence-electron chi connectivity index (χ1n) is 3.79. The molecule has 0 aliphatic carbocycles. The molecule has 0 heterocycles. The Morgan fingerprint density at radius 2 is 1.80 bits per heavy atom. The molecule has 0 aromatic heterocycles. The van der Waals surface area contributed by atoms with E-state index in [1.165, 1.54) is 0 Å². The van der Waals surface area contributed by atoms with E-state index in [-0.39, 0.29) is 0 Å². The van der Waals surface area contributed by atoms with Crippen LogP contribution in [0.15, 0.2) is 0 Å². The van der Waals surface area contributed by atoms with E-state index in [0.717, 1.165) is 13.2 Å². The van der Waals surface area contributed by atoms with E-state index in [4.69, 9.17) is 0 Å². The van der Waals surface area contributed by atoms with Crippen molar-refractivity contribution < 1.29 is 0 Å². The van der Waals surface area contributed by atoms with Gasteiger partial charge in [0.15, 0.2) is 0 Å². The Hall–Kier alpha value is -0.0800. The summed E-state index contributed by atoms with van der Waals surface area (Å²) in [6.07, 6.45) is 0. The summed E-state index contributed by atoms with van der Waals surface area (Å²) in [5, 5.41) is 3.12. The molecule has 10 heavy (non-hydrogen) atoms.